The second kappa shape index (κ2) is 9.33. The summed E-state index contributed by atoms with van der Waals surface area (Å²) in [6.45, 7) is 2.02. The second-order valence-corrected chi connectivity index (χ2v) is 2.24. The smallest absolute Gasteiger partial charge is 1.00 e. The van der Waals surface area contributed by atoms with Gasteiger partial charge in [-0.05, 0) is 24.6 Å². The largest absolute Gasteiger partial charge is 2.00 e. The summed E-state index contributed by atoms with van der Waals surface area (Å²) in [6, 6.07) is 7.76. The normalized spacial score (nSPS) is 6.73. The van der Waals surface area contributed by atoms with E-state index in [4.69, 9.17) is 11.6 Å². The standard InChI is InChI=1S/C7H7Cl.2BrH.Mg/c1-6-3-2-4-7(8)5-6;;;/h2-5H,1H3;2*1H;/q;;;+2/p-2. The Kier molecular flexibility index (Phi) is 15.4. The van der Waals surface area contributed by atoms with Gasteiger partial charge in [0.25, 0.3) is 0 Å². The van der Waals surface area contributed by atoms with Crippen molar-refractivity contribution in [2.75, 3.05) is 0 Å². The molecule has 0 N–H and O–H groups in total. The predicted octanol–water partition coefficient (Wildman–Crippen LogP) is -3.72. The number of benzene rings is 1. The summed E-state index contributed by atoms with van der Waals surface area (Å²) in [6.07, 6.45) is 0. The van der Waals surface area contributed by atoms with Crippen molar-refractivity contribution in [2.24, 2.45) is 0 Å². The molecule has 4 heteroatoms. The fourth-order valence-electron chi connectivity index (χ4n) is 0.606. The van der Waals surface area contributed by atoms with Gasteiger partial charge in [-0.15, -0.1) is 0 Å². The molecule has 0 aromatic heterocycles. The van der Waals surface area contributed by atoms with Crippen LogP contribution in [0.3, 0.4) is 0 Å². The van der Waals surface area contributed by atoms with Crippen molar-refractivity contribution in [2.45, 2.75) is 6.92 Å². The molecular formula is C7H7Br2ClMg. The molecule has 0 nitrogen and oxygen atoms in total. The molecule has 58 valence electrons. The quantitative estimate of drug-likeness (QED) is 0.433. The third kappa shape index (κ3) is 7.59. The fraction of sp³-hybridized carbons (Fsp3) is 0.143. The zero-order chi connectivity index (χ0) is 5.98. The van der Waals surface area contributed by atoms with Crippen LogP contribution in [0.4, 0.5) is 0 Å². The molecule has 0 unspecified atom stereocenters. The van der Waals surface area contributed by atoms with Crippen LogP contribution in [0.2, 0.25) is 5.02 Å². The minimum absolute atomic E-state index is 0. The molecule has 0 saturated heterocycles. The van der Waals surface area contributed by atoms with Crippen molar-refractivity contribution in [3.05, 3.63) is 34.9 Å². The first kappa shape index (κ1) is 18.1. The number of hydrogen-bond donors (Lipinski definition) is 0. The molecule has 0 aliphatic carbocycles. The van der Waals surface area contributed by atoms with Crippen molar-refractivity contribution in [1.29, 1.82) is 0 Å². The molecule has 0 saturated carbocycles. The van der Waals surface area contributed by atoms with E-state index in [-0.39, 0.29) is 57.0 Å². The number of aryl methyl sites for hydroxylation is 1. The fourth-order valence-corrected chi connectivity index (χ4v) is 0.850. The first-order valence-electron chi connectivity index (χ1n) is 2.51. The molecule has 11 heavy (non-hydrogen) atoms. The van der Waals surface area contributed by atoms with E-state index in [1.54, 1.807) is 0 Å². The van der Waals surface area contributed by atoms with Gasteiger partial charge in [-0.1, -0.05) is 23.7 Å². The Morgan fingerprint density at radius 1 is 1.18 bits per heavy atom. The SMILES string of the molecule is Cc1cccc(Cl)c1.[Br-].[Br-].[Mg+2]. The minimum atomic E-state index is 0. The molecule has 1 aromatic rings. The van der Waals surface area contributed by atoms with Crippen LogP contribution in [-0.4, -0.2) is 23.1 Å². The third-order valence-electron chi connectivity index (χ3n) is 0.980. The molecule has 0 radical (unpaired) electrons. The van der Waals surface area contributed by atoms with Gasteiger partial charge in [-0.25, -0.2) is 0 Å². The van der Waals surface area contributed by atoms with Crippen molar-refractivity contribution in [3.63, 3.8) is 0 Å². The summed E-state index contributed by atoms with van der Waals surface area (Å²) < 4.78 is 0. The van der Waals surface area contributed by atoms with Crippen LogP contribution in [0.1, 0.15) is 5.56 Å². The van der Waals surface area contributed by atoms with Crippen molar-refractivity contribution >= 4 is 34.7 Å². The van der Waals surface area contributed by atoms with Gasteiger partial charge < -0.3 is 34.0 Å². The maximum Gasteiger partial charge on any atom is 2.00 e. The molecule has 0 heterocycles. The Bertz CT molecular complexity index is 176. The maximum atomic E-state index is 5.64. The summed E-state index contributed by atoms with van der Waals surface area (Å²) in [7, 11) is 0. The van der Waals surface area contributed by atoms with Crippen molar-refractivity contribution in [1.82, 2.24) is 0 Å². The van der Waals surface area contributed by atoms with Gasteiger partial charge in [0.05, 0.1) is 0 Å². The summed E-state index contributed by atoms with van der Waals surface area (Å²) >= 11 is 5.64. The molecule has 0 spiro atoms. The van der Waals surface area contributed by atoms with Crippen molar-refractivity contribution in [3.8, 4) is 0 Å². The van der Waals surface area contributed by atoms with Gasteiger partial charge in [0.1, 0.15) is 0 Å². The van der Waals surface area contributed by atoms with Gasteiger partial charge in [0, 0.05) is 5.02 Å². The van der Waals surface area contributed by atoms with E-state index >= 15 is 0 Å². The van der Waals surface area contributed by atoms with E-state index in [0.29, 0.717) is 0 Å². The van der Waals surface area contributed by atoms with Gasteiger partial charge in [-0.3, -0.25) is 0 Å². The Labute approximate surface area is 109 Å². The Morgan fingerprint density at radius 2 is 1.73 bits per heavy atom. The van der Waals surface area contributed by atoms with Crippen LogP contribution in [0.15, 0.2) is 24.3 Å². The summed E-state index contributed by atoms with van der Waals surface area (Å²) in [5.74, 6) is 0. The summed E-state index contributed by atoms with van der Waals surface area (Å²) in [5, 5.41) is 0.810. The van der Waals surface area contributed by atoms with E-state index in [0.717, 1.165) is 5.02 Å². The van der Waals surface area contributed by atoms with E-state index in [1.165, 1.54) is 5.56 Å². The van der Waals surface area contributed by atoms with Crippen LogP contribution in [0, 0.1) is 6.92 Å². The molecule has 0 aliphatic rings. The number of halogens is 3. The topological polar surface area (TPSA) is 0 Å². The van der Waals surface area contributed by atoms with Crippen LogP contribution >= 0.6 is 11.6 Å². The van der Waals surface area contributed by atoms with Gasteiger partial charge in [0.15, 0.2) is 0 Å². The Balaban J connectivity index is -0.000000213. The predicted molar refractivity (Wildman–Crippen MR) is 41.9 cm³/mol. The average molecular weight is 311 g/mol. The first-order valence-corrected chi connectivity index (χ1v) is 2.89. The maximum absolute atomic E-state index is 5.64. The van der Waals surface area contributed by atoms with Crippen LogP contribution < -0.4 is 34.0 Å². The third-order valence-corrected chi connectivity index (χ3v) is 1.22. The van der Waals surface area contributed by atoms with Gasteiger partial charge >= 0.3 is 23.1 Å². The molecule has 0 atom stereocenters. The van der Waals surface area contributed by atoms with Crippen LogP contribution in [0.5, 0.6) is 0 Å². The van der Waals surface area contributed by atoms with Crippen LogP contribution in [0.25, 0.3) is 0 Å². The molecular weight excluding hydrogens is 304 g/mol. The second-order valence-electron chi connectivity index (χ2n) is 1.80. The van der Waals surface area contributed by atoms with Crippen LogP contribution in [-0.2, 0) is 0 Å². The molecule has 0 aliphatic heterocycles. The molecule has 0 fully saturated rings. The van der Waals surface area contributed by atoms with E-state index in [9.17, 15) is 0 Å². The number of rotatable bonds is 0. The summed E-state index contributed by atoms with van der Waals surface area (Å²) in [4.78, 5) is 0. The zero-order valence-electron chi connectivity index (χ0n) is 6.15. The monoisotopic (exact) mass is 308 g/mol. The van der Waals surface area contributed by atoms with E-state index in [1.807, 2.05) is 31.2 Å². The van der Waals surface area contributed by atoms with Crippen molar-refractivity contribution < 1.29 is 34.0 Å². The van der Waals surface area contributed by atoms with Gasteiger partial charge in [0.2, 0.25) is 0 Å². The van der Waals surface area contributed by atoms with E-state index < -0.39 is 0 Å². The number of hydrogen-bond acceptors (Lipinski definition) is 0. The molecule has 1 aromatic carbocycles. The molecule has 0 bridgehead atoms. The zero-order valence-corrected chi connectivity index (χ0v) is 11.5. The molecule has 0 amide bonds. The van der Waals surface area contributed by atoms with E-state index in [2.05, 4.69) is 0 Å². The average Bonchev–Trinajstić information content (AvgIpc) is 1.64. The minimum Gasteiger partial charge on any atom is -1.00 e. The molecule has 1 rings (SSSR count). The van der Waals surface area contributed by atoms with Gasteiger partial charge in [-0.2, -0.15) is 0 Å². The Hall–Kier alpha value is 1.24. The Morgan fingerprint density at radius 3 is 2.00 bits per heavy atom. The first-order chi connectivity index (χ1) is 3.79. The summed E-state index contributed by atoms with van der Waals surface area (Å²) in [5.41, 5.74) is 1.21.